The number of halogens is 5. The lowest BCUT2D eigenvalue weighted by Crippen LogP contribution is -2.36. The Balaban J connectivity index is 1.46. The minimum Gasteiger partial charge on any atom is -0.495 e. The molecule has 1 aliphatic heterocycles. The maximum Gasteiger partial charge on any atom is 0.434 e. The number of fused-ring (bicyclic) bond motifs is 1. The summed E-state index contributed by atoms with van der Waals surface area (Å²) in [6.07, 6.45) is -0.714. The van der Waals surface area contributed by atoms with Crippen LogP contribution in [0.1, 0.15) is 25.1 Å². The van der Waals surface area contributed by atoms with Crippen LogP contribution in [0.15, 0.2) is 71.0 Å². The van der Waals surface area contributed by atoms with Gasteiger partial charge in [-0.25, -0.2) is 4.98 Å². The zero-order valence-corrected chi connectivity index (χ0v) is 23.5. The molecule has 4 aromatic rings. The van der Waals surface area contributed by atoms with E-state index in [4.69, 9.17) is 27.9 Å². The number of carbonyl (C=O) groups is 1. The van der Waals surface area contributed by atoms with Gasteiger partial charge in [0, 0.05) is 27.9 Å². The van der Waals surface area contributed by atoms with E-state index in [1.54, 1.807) is 36.3 Å². The molecular weight excluding hydrogens is 598 g/mol. The fraction of sp³-hybridized carbons (Fsp3) is 0.185. The molecule has 3 heterocycles. The number of ether oxygens (including phenoxy) is 1. The largest absolute Gasteiger partial charge is 0.495 e. The third-order valence-electron chi connectivity index (χ3n) is 6.44. The summed E-state index contributed by atoms with van der Waals surface area (Å²) in [6.45, 7) is 1.73. The zero-order chi connectivity index (χ0) is 30.2. The summed E-state index contributed by atoms with van der Waals surface area (Å²) in [5, 5.41) is 5.09. The van der Waals surface area contributed by atoms with Gasteiger partial charge in [0.25, 0.3) is 5.56 Å². The molecule has 2 aromatic carbocycles. The number of hydrazine groups is 2. The second-order valence-electron chi connectivity index (χ2n) is 9.12. The standard InChI is InChI=1S/C27H22Cl2F3N7O3/c1-3-20(26(41)34-15-5-6-18-19(9-15)33-11-23(35-18)27(30,31)32)38-12-22(42-2)17(10-25(38)40)16-8-14(28)4-7-21(16)39-13-24(29)36-37-39/h4-13,20,36-37H,3H2,1-2H3,(H,34,41). The van der Waals surface area contributed by atoms with Crippen molar-refractivity contribution in [3.63, 3.8) is 0 Å². The second-order valence-corrected chi connectivity index (χ2v) is 9.96. The van der Waals surface area contributed by atoms with Crippen molar-refractivity contribution in [2.24, 2.45) is 0 Å². The third-order valence-corrected chi connectivity index (χ3v) is 6.86. The van der Waals surface area contributed by atoms with Gasteiger partial charge in [-0.3, -0.25) is 29.6 Å². The predicted octanol–water partition coefficient (Wildman–Crippen LogP) is 5.60. The lowest BCUT2D eigenvalue weighted by atomic mass is 10.0. The van der Waals surface area contributed by atoms with E-state index in [9.17, 15) is 22.8 Å². The highest BCUT2D eigenvalue weighted by molar-refractivity contribution is 6.31. The number of pyridine rings is 1. The molecule has 2 aromatic heterocycles. The first kappa shape index (κ1) is 29.2. The number of alkyl halides is 3. The summed E-state index contributed by atoms with van der Waals surface area (Å²) in [5.41, 5.74) is 6.10. The molecule has 0 fully saturated rings. The minimum absolute atomic E-state index is 0.0180. The maximum absolute atomic E-state index is 13.4. The molecule has 0 spiro atoms. The van der Waals surface area contributed by atoms with Crippen LogP contribution in [0.4, 0.5) is 24.5 Å². The Hall–Kier alpha value is -4.33. The van der Waals surface area contributed by atoms with Crippen LogP contribution in [-0.4, -0.2) is 27.6 Å². The number of carbonyl (C=O) groups excluding carboxylic acids is 1. The molecule has 0 saturated carbocycles. The molecule has 0 saturated heterocycles. The van der Waals surface area contributed by atoms with Crippen LogP contribution in [0, 0.1) is 0 Å². The van der Waals surface area contributed by atoms with Gasteiger partial charge < -0.3 is 10.1 Å². The summed E-state index contributed by atoms with van der Waals surface area (Å²) >= 11 is 12.3. The highest BCUT2D eigenvalue weighted by atomic mass is 35.5. The molecule has 1 atom stereocenters. The highest BCUT2D eigenvalue weighted by Gasteiger charge is 2.33. The second kappa shape index (κ2) is 11.5. The molecular formula is C27H22Cl2F3N7O3. The summed E-state index contributed by atoms with van der Waals surface area (Å²) < 4.78 is 45.8. The normalized spacial score (nSPS) is 14.0. The van der Waals surface area contributed by atoms with Gasteiger partial charge in [0.05, 0.1) is 42.4 Å². The molecule has 0 bridgehead atoms. The number of amides is 1. The van der Waals surface area contributed by atoms with Crippen LogP contribution in [0.25, 0.3) is 22.2 Å². The Kier molecular flexibility index (Phi) is 7.99. The van der Waals surface area contributed by atoms with Crippen LogP contribution in [-0.2, 0) is 11.0 Å². The van der Waals surface area contributed by atoms with E-state index in [1.165, 1.54) is 42.1 Å². The zero-order valence-electron chi connectivity index (χ0n) is 22.0. The van der Waals surface area contributed by atoms with E-state index >= 15 is 0 Å². The van der Waals surface area contributed by atoms with Crippen molar-refractivity contribution in [3.8, 4) is 16.9 Å². The van der Waals surface area contributed by atoms with Gasteiger partial charge in [0.15, 0.2) is 5.69 Å². The molecule has 42 heavy (non-hydrogen) atoms. The summed E-state index contributed by atoms with van der Waals surface area (Å²) in [7, 11) is 1.44. The Labute approximate surface area is 246 Å². The summed E-state index contributed by atoms with van der Waals surface area (Å²) in [6, 6.07) is 9.64. The fourth-order valence-electron chi connectivity index (χ4n) is 4.46. The molecule has 1 unspecified atom stereocenters. The Morgan fingerprint density at radius 1 is 1.12 bits per heavy atom. The van der Waals surface area contributed by atoms with Crippen molar-refractivity contribution < 1.29 is 22.7 Å². The SMILES string of the molecule is CCC(C(=O)Nc1ccc2nc(C(F)(F)F)cnc2c1)n1cc(OC)c(-c2cc(Cl)ccc2N2C=C(Cl)NN2)cc1=O. The molecule has 3 N–H and O–H groups in total. The number of methoxy groups -OCH3 is 1. The van der Waals surface area contributed by atoms with Crippen LogP contribution < -0.4 is 31.6 Å². The molecule has 1 aliphatic rings. The van der Waals surface area contributed by atoms with Crippen molar-refractivity contribution in [2.45, 2.75) is 25.6 Å². The summed E-state index contributed by atoms with van der Waals surface area (Å²) in [5.74, 6) is -0.225. The number of hydrogen-bond donors (Lipinski definition) is 3. The van der Waals surface area contributed by atoms with Crippen molar-refractivity contribution >= 4 is 51.5 Å². The average molecular weight is 620 g/mol. The van der Waals surface area contributed by atoms with Crippen molar-refractivity contribution in [1.29, 1.82) is 0 Å². The Bertz CT molecular complexity index is 1780. The van der Waals surface area contributed by atoms with Gasteiger partial charge in [-0.1, -0.05) is 30.1 Å². The fourth-order valence-corrected chi connectivity index (χ4v) is 4.77. The van der Waals surface area contributed by atoms with Gasteiger partial charge >= 0.3 is 6.18 Å². The number of nitrogens with one attached hydrogen (secondary N) is 3. The molecule has 5 rings (SSSR count). The van der Waals surface area contributed by atoms with Crippen molar-refractivity contribution in [2.75, 3.05) is 17.4 Å². The van der Waals surface area contributed by atoms with Gasteiger partial charge in [-0.2, -0.15) is 13.2 Å². The van der Waals surface area contributed by atoms with E-state index in [0.29, 0.717) is 38.9 Å². The molecule has 1 amide bonds. The monoisotopic (exact) mass is 619 g/mol. The first-order valence-electron chi connectivity index (χ1n) is 12.4. The highest BCUT2D eigenvalue weighted by Crippen LogP contribution is 2.38. The van der Waals surface area contributed by atoms with Crippen molar-refractivity contribution in [3.05, 3.63) is 87.3 Å². The molecule has 10 nitrogen and oxygen atoms in total. The van der Waals surface area contributed by atoms with E-state index in [0.717, 1.165) is 0 Å². The smallest absolute Gasteiger partial charge is 0.434 e. The number of benzene rings is 2. The molecule has 0 aliphatic carbocycles. The summed E-state index contributed by atoms with van der Waals surface area (Å²) in [4.78, 5) is 34.1. The predicted molar refractivity (Wildman–Crippen MR) is 153 cm³/mol. The van der Waals surface area contributed by atoms with Crippen LogP contribution >= 0.6 is 23.2 Å². The average Bonchev–Trinajstić information content (AvgIpc) is 3.39. The number of rotatable bonds is 7. The van der Waals surface area contributed by atoms with Crippen LogP contribution in [0.2, 0.25) is 5.02 Å². The first-order valence-corrected chi connectivity index (χ1v) is 13.2. The lowest BCUT2D eigenvalue weighted by molar-refractivity contribution is -0.141. The van der Waals surface area contributed by atoms with E-state index in [2.05, 4.69) is 26.2 Å². The quantitative estimate of drug-likeness (QED) is 0.229. The van der Waals surface area contributed by atoms with Gasteiger partial charge in [0.1, 0.15) is 16.9 Å². The van der Waals surface area contributed by atoms with E-state index in [-0.39, 0.29) is 23.1 Å². The van der Waals surface area contributed by atoms with Crippen LogP contribution in [0.5, 0.6) is 5.75 Å². The third kappa shape index (κ3) is 5.84. The van der Waals surface area contributed by atoms with E-state index < -0.39 is 29.4 Å². The van der Waals surface area contributed by atoms with Crippen molar-refractivity contribution in [1.82, 2.24) is 25.5 Å². The number of anilines is 2. The number of hydrogen-bond acceptors (Lipinski definition) is 8. The van der Waals surface area contributed by atoms with Crippen LogP contribution in [0.3, 0.4) is 0 Å². The number of nitrogens with zero attached hydrogens (tertiary/aromatic N) is 4. The number of aromatic nitrogens is 3. The minimum atomic E-state index is -4.63. The Morgan fingerprint density at radius 2 is 1.90 bits per heavy atom. The lowest BCUT2D eigenvalue weighted by Gasteiger charge is -2.23. The molecule has 218 valence electrons. The van der Waals surface area contributed by atoms with Gasteiger partial charge in [-0.05, 0) is 42.8 Å². The Morgan fingerprint density at radius 3 is 2.57 bits per heavy atom. The van der Waals surface area contributed by atoms with Gasteiger partial charge in [0.2, 0.25) is 5.91 Å². The maximum atomic E-state index is 13.4. The van der Waals surface area contributed by atoms with E-state index in [1.807, 2.05) is 0 Å². The first-order chi connectivity index (χ1) is 20.0. The molecule has 0 radical (unpaired) electrons. The topological polar surface area (TPSA) is 113 Å². The van der Waals surface area contributed by atoms with Gasteiger partial charge in [-0.15, -0.1) is 5.53 Å². The molecule has 15 heteroatoms.